The van der Waals surface area contributed by atoms with Gasteiger partial charge in [-0.1, -0.05) is 0 Å². The zero-order chi connectivity index (χ0) is 18.4. The van der Waals surface area contributed by atoms with Crippen LogP contribution in [-0.4, -0.2) is 61.9 Å². The standard InChI is InChI=1S/C15H32N2O4P2S/c1-14(2)17(15(3)4)23(20-9-7-8-16)21-10-12-24-13-11-22(18-5)19-6/h14-15H,7,9-13H2,1-6H3. The first-order chi connectivity index (χ1) is 11.5. The molecule has 0 saturated heterocycles. The second-order valence-corrected chi connectivity index (χ2v) is 9.94. The molecule has 1 atom stereocenters. The lowest BCUT2D eigenvalue weighted by atomic mass is 10.3. The Hall–Kier alpha value is 0.500. The normalized spacial score (nSPS) is 13.2. The molecule has 0 N–H and O–H groups in total. The monoisotopic (exact) mass is 398 g/mol. The van der Waals surface area contributed by atoms with E-state index in [1.807, 2.05) is 11.8 Å². The van der Waals surface area contributed by atoms with Gasteiger partial charge in [-0.05, 0) is 27.7 Å². The van der Waals surface area contributed by atoms with E-state index in [9.17, 15) is 0 Å². The molecule has 0 aliphatic rings. The van der Waals surface area contributed by atoms with Crippen LogP contribution >= 0.6 is 28.7 Å². The Morgan fingerprint density at radius 2 is 1.58 bits per heavy atom. The molecule has 0 aromatic rings. The van der Waals surface area contributed by atoms with Gasteiger partial charge in [0.05, 0.1) is 25.7 Å². The van der Waals surface area contributed by atoms with Crippen molar-refractivity contribution in [2.45, 2.75) is 46.2 Å². The topological polar surface area (TPSA) is 64.0 Å². The van der Waals surface area contributed by atoms with Gasteiger partial charge in [0.15, 0.2) is 8.38 Å². The van der Waals surface area contributed by atoms with Crippen LogP contribution in [0, 0.1) is 11.3 Å². The maximum absolute atomic E-state index is 8.70. The molecule has 142 valence electrons. The fourth-order valence-electron chi connectivity index (χ4n) is 1.99. The third-order valence-electron chi connectivity index (χ3n) is 2.92. The molecule has 0 heterocycles. The first-order valence-electron chi connectivity index (χ1n) is 8.12. The molecule has 0 saturated carbocycles. The van der Waals surface area contributed by atoms with Crippen LogP contribution in [0.25, 0.3) is 0 Å². The summed E-state index contributed by atoms with van der Waals surface area (Å²) >= 11 is 1.83. The van der Waals surface area contributed by atoms with Crippen LogP contribution in [0.4, 0.5) is 0 Å². The molecule has 0 aliphatic heterocycles. The Balaban J connectivity index is 4.23. The summed E-state index contributed by atoms with van der Waals surface area (Å²) in [5.74, 6) is 1.89. The zero-order valence-electron chi connectivity index (χ0n) is 15.7. The predicted molar refractivity (Wildman–Crippen MR) is 104 cm³/mol. The quantitative estimate of drug-likeness (QED) is 0.295. The molecule has 0 aromatic heterocycles. The molecule has 0 aliphatic carbocycles. The van der Waals surface area contributed by atoms with Crippen LogP contribution in [-0.2, 0) is 18.1 Å². The van der Waals surface area contributed by atoms with Crippen molar-refractivity contribution in [3.05, 3.63) is 0 Å². The molecule has 0 radical (unpaired) electrons. The lowest BCUT2D eigenvalue weighted by Gasteiger charge is -2.35. The van der Waals surface area contributed by atoms with Gasteiger partial charge in [0.2, 0.25) is 0 Å². The third-order valence-corrected chi connectivity index (χ3v) is 7.68. The molecule has 24 heavy (non-hydrogen) atoms. The first kappa shape index (κ1) is 24.5. The lowest BCUT2D eigenvalue weighted by Crippen LogP contribution is -2.33. The average Bonchev–Trinajstić information content (AvgIpc) is 2.53. The maximum Gasteiger partial charge on any atom is 0.259 e. The van der Waals surface area contributed by atoms with Crippen LogP contribution in [0.1, 0.15) is 34.1 Å². The number of nitriles is 1. The van der Waals surface area contributed by atoms with Crippen molar-refractivity contribution in [2.24, 2.45) is 0 Å². The summed E-state index contributed by atoms with van der Waals surface area (Å²) in [6, 6.07) is 2.77. The molecule has 0 bridgehead atoms. The van der Waals surface area contributed by atoms with E-state index in [1.54, 1.807) is 14.2 Å². The Morgan fingerprint density at radius 3 is 2.08 bits per heavy atom. The van der Waals surface area contributed by atoms with Gasteiger partial charge in [0.25, 0.3) is 8.53 Å². The summed E-state index contributed by atoms with van der Waals surface area (Å²) in [6.07, 6.45) is 1.31. The van der Waals surface area contributed by atoms with Crippen LogP contribution in [0.3, 0.4) is 0 Å². The van der Waals surface area contributed by atoms with Crippen molar-refractivity contribution >= 4 is 28.7 Å². The number of hydrogen-bond acceptors (Lipinski definition) is 7. The highest BCUT2D eigenvalue weighted by Crippen LogP contribution is 2.46. The van der Waals surface area contributed by atoms with Crippen molar-refractivity contribution < 1.29 is 18.1 Å². The molecule has 6 nitrogen and oxygen atoms in total. The summed E-state index contributed by atoms with van der Waals surface area (Å²) in [4.78, 5) is 0. The molecule has 1 unspecified atom stereocenters. The number of nitrogens with zero attached hydrogens (tertiary/aromatic N) is 2. The largest absolute Gasteiger partial charge is 0.337 e. The number of rotatable bonds is 15. The summed E-state index contributed by atoms with van der Waals surface area (Å²) in [7, 11) is 1.48. The summed E-state index contributed by atoms with van der Waals surface area (Å²) in [5, 5.41) is 8.70. The highest BCUT2D eigenvalue weighted by molar-refractivity contribution is 7.99. The van der Waals surface area contributed by atoms with Gasteiger partial charge in [-0.2, -0.15) is 17.0 Å². The van der Waals surface area contributed by atoms with Crippen LogP contribution in [0.2, 0.25) is 0 Å². The molecule has 0 aromatic carbocycles. The first-order valence-corrected chi connectivity index (χ1v) is 11.8. The van der Waals surface area contributed by atoms with E-state index in [0.717, 1.165) is 17.7 Å². The highest BCUT2D eigenvalue weighted by atomic mass is 32.2. The molecule has 0 amide bonds. The van der Waals surface area contributed by atoms with Gasteiger partial charge in [-0.25, -0.2) is 4.67 Å². The Kier molecular flexibility index (Phi) is 16.1. The fourth-order valence-corrected chi connectivity index (χ4v) is 5.73. The SMILES string of the molecule is COP(CCSCCOP(OCCC#N)N(C(C)C)C(C)C)OC. The van der Waals surface area contributed by atoms with E-state index < -0.39 is 16.9 Å². The van der Waals surface area contributed by atoms with Gasteiger partial charge >= 0.3 is 0 Å². The second kappa shape index (κ2) is 15.7. The smallest absolute Gasteiger partial charge is 0.259 e. The highest BCUT2D eigenvalue weighted by Gasteiger charge is 2.26. The minimum Gasteiger partial charge on any atom is -0.337 e. The van der Waals surface area contributed by atoms with Crippen LogP contribution in [0.15, 0.2) is 0 Å². The minimum atomic E-state index is -1.13. The average molecular weight is 398 g/mol. The van der Waals surface area contributed by atoms with E-state index in [4.69, 9.17) is 23.4 Å². The summed E-state index contributed by atoms with van der Waals surface area (Å²) in [5.41, 5.74) is 0. The molecular weight excluding hydrogens is 366 g/mol. The van der Waals surface area contributed by atoms with E-state index in [0.29, 0.717) is 31.7 Å². The maximum atomic E-state index is 8.70. The van der Waals surface area contributed by atoms with Crippen molar-refractivity contribution in [1.82, 2.24) is 4.67 Å². The van der Waals surface area contributed by atoms with Gasteiger partial charge in [0.1, 0.15) is 0 Å². The van der Waals surface area contributed by atoms with Crippen molar-refractivity contribution in [2.75, 3.05) is 45.1 Å². The molecule has 0 rings (SSSR count). The molecule has 0 fully saturated rings. The molecule has 0 spiro atoms. The molecule has 9 heteroatoms. The van der Waals surface area contributed by atoms with E-state index in [1.165, 1.54) is 0 Å². The van der Waals surface area contributed by atoms with Crippen LogP contribution < -0.4 is 0 Å². The number of thioether (sulfide) groups is 1. The Labute approximate surface area is 154 Å². The van der Waals surface area contributed by atoms with Crippen LogP contribution in [0.5, 0.6) is 0 Å². The van der Waals surface area contributed by atoms with Crippen molar-refractivity contribution in [3.8, 4) is 6.07 Å². The Bertz CT molecular complexity index is 334. The third kappa shape index (κ3) is 11.2. The second-order valence-electron chi connectivity index (χ2n) is 5.41. The van der Waals surface area contributed by atoms with E-state index in [2.05, 4.69) is 38.4 Å². The predicted octanol–water partition coefficient (Wildman–Crippen LogP) is 4.62. The minimum absolute atomic E-state index is 0.331. The van der Waals surface area contributed by atoms with Gasteiger partial charge in [-0.15, -0.1) is 0 Å². The van der Waals surface area contributed by atoms with Gasteiger partial charge in [0, 0.05) is 44.0 Å². The van der Waals surface area contributed by atoms with Gasteiger partial charge < -0.3 is 18.1 Å². The summed E-state index contributed by atoms with van der Waals surface area (Å²) < 4.78 is 24.6. The molecular formula is C15H32N2O4P2S. The van der Waals surface area contributed by atoms with E-state index in [-0.39, 0.29) is 0 Å². The summed E-state index contributed by atoms with van der Waals surface area (Å²) in [6.45, 7) is 9.60. The van der Waals surface area contributed by atoms with Crippen molar-refractivity contribution in [3.63, 3.8) is 0 Å². The van der Waals surface area contributed by atoms with E-state index >= 15 is 0 Å². The number of hydrogen-bond donors (Lipinski definition) is 0. The van der Waals surface area contributed by atoms with Crippen molar-refractivity contribution in [1.29, 1.82) is 5.26 Å². The van der Waals surface area contributed by atoms with Gasteiger partial charge in [-0.3, -0.25) is 0 Å². The lowest BCUT2D eigenvalue weighted by molar-refractivity contribution is 0.182. The fraction of sp³-hybridized carbons (Fsp3) is 0.933. The Morgan fingerprint density at radius 1 is 1.00 bits per heavy atom. The zero-order valence-corrected chi connectivity index (χ0v) is 18.3.